The average Bonchev–Trinajstić information content (AvgIpc) is 3.24. The summed E-state index contributed by atoms with van der Waals surface area (Å²) in [7, 11) is 4.77. The standard InChI is InChI=1S/C22H21F2N3O4S/c1-27(7-6-13-4-5-18(30-2)19(8-13)31-3)21(29)17-12-32-22(25-17)26-20(28)14-9-15(23)11-16(24)10-14/h4-5,8-12H,6-7H2,1-3H3,(H,25,26,28). The fourth-order valence-corrected chi connectivity index (χ4v) is 3.59. The molecule has 0 saturated carbocycles. The quantitative estimate of drug-likeness (QED) is 0.548. The van der Waals surface area contributed by atoms with Crippen LogP contribution in [-0.2, 0) is 6.42 Å². The van der Waals surface area contributed by atoms with Gasteiger partial charge in [0.1, 0.15) is 17.3 Å². The van der Waals surface area contributed by atoms with E-state index in [-0.39, 0.29) is 22.3 Å². The molecule has 1 aromatic heterocycles. The molecule has 0 atom stereocenters. The van der Waals surface area contributed by atoms with Crippen molar-refractivity contribution in [1.82, 2.24) is 9.88 Å². The van der Waals surface area contributed by atoms with Crippen LogP contribution in [-0.4, -0.2) is 49.5 Å². The predicted octanol–water partition coefficient (Wildman–Crippen LogP) is 4.01. The van der Waals surface area contributed by atoms with Crippen LogP contribution >= 0.6 is 11.3 Å². The summed E-state index contributed by atoms with van der Waals surface area (Å²) in [4.78, 5) is 30.5. The van der Waals surface area contributed by atoms with Gasteiger partial charge in [-0.15, -0.1) is 11.3 Å². The van der Waals surface area contributed by atoms with Crippen molar-refractivity contribution in [3.8, 4) is 11.5 Å². The van der Waals surface area contributed by atoms with Crippen LogP contribution in [0, 0.1) is 11.6 Å². The van der Waals surface area contributed by atoms with E-state index in [1.165, 1.54) is 10.3 Å². The normalized spacial score (nSPS) is 10.5. The highest BCUT2D eigenvalue weighted by atomic mass is 32.1. The Balaban J connectivity index is 1.60. The highest BCUT2D eigenvalue weighted by Crippen LogP contribution is 2.27. The Morgan fingerprint density at radius 3 is 2.41 bits per heavy atom. The number of hydrogen-bond donors (Lipinski definition) is 1. The SMILES string of the molecule is COc1ccc(CCN(C)C(=O)c2csc(NC(=O)c3cc(F)cc(F)c3)n2)cc1OC. The third-order valence-corrected chi connectivity index (χ3v) is 5.36. The molecule has 168 valence electrons. The number of anilines is 1. The van der Waals surface area contributed by atoms with Gasteiger partial charge in [-0.05, 0) is 36.2 Å². The third kappa shape index (κ3) is 5.58. The number of benzene rings is 2. The van der Waals surface area contributed by atoms with Crippen molar-refractivity contribution >= 4 is 28.3 Å². The number of hydrogen-bond acceptors (Lipinski definition) is 6. The fraction of sp³-hybridized carbons (Fsp3) is 0.227. The van der Waals surface area contributed by atoms with Crippen molar-refractivity contribution in [3.63, 3.8) is 0 Å². The smallest absolute Gasteiger partial charge is 0.273 e. The molecule has 2 aromatic carbocycles. The molecule has 3 aromatic rings. The Hall–Kier alpha value is -3.53. The molecule has 0 spiro atoms. The summed E-state index contributed by atoms with van der Waals surface area (Å²) in [6.45, 7) is 0.427. The Morgan fingerprint density at radius 2 is 1.75 bits per heavy atom. The van der Waals surface area contributed by atoms with Gasteiger partial charge in [-0.25, -0.2) is 13.8 Å². The lowest BCUT2D eigenvalue weighted by Gasteiger charge is -2.16. The molecular weight excluding hydrogens is 440 g/mol. The zero-order valence-corrected chi connectivity index (χ0v) is 18.5. The largest absolute Gasteiger partial charge is 0.493 e. The number of ether oxygens (including phenoxy) is 2. The lowest BCUT2D eigenvalue weighted by molar-refractivity contribution is 0.0791. The minimum Gasteiger partial charge on any atom is -0.493 e. The van der Waals surface area contributed by atoms with Crippen molar-refractivity contribution in [2.75, 3.05) is 33.1 Å². The Bertz CT molecular complexity index is 1120. The number of rotatable bonds is 8. The molecule has 32 heavy (non-hydrogen) atoms. The van der Waals surface area contributed by atoms with E-state index in [1.807, 2.05) is 12.1 Å². The summed E-state index contributed by atoms with van der Waals surface area (Å²) in [6, 6.07) is 8.05. The average molecular weight is 461 g/mol. The highest BCUT2D eigenvalue weighted by molar-refractivity contribution is 7.14. The number of nitrogens with zero attached hydrogens (tertiary/aromatic N) is 2. The number of thiazole rings is 1. The maximum Gasteiger partial charge on any atom is 0.273 e. The van der Waals surface area contributed by atoms with Gasteiger partial charge in [0, 0.05) is 30.6 Å². The van der Waals surface area contributed by atoms with E-state index in [9.17, 15) is 18.4 Å². The number of halogens is 2. The van der Waals surface area contributed by atoms with Crippen LogP contribution in [0.3, 0.4) is 0 Å². The van der Waals surface area contributed by atoms with E-state index in [4.69, 9.17) is 9.47 Å². The first-order valence-electron chi connectivity index (χ1n) is 9.50. The van der Waals surface area contributed by atoms with Crippen LogP contribution in [0.4, 0.5) is 13.9 Å². The van der Waals surface area contributed by atoms with Gasteiger partial charge in [-0.3, -0.25) is 14.9 Å². The molecule has 1 heterocycles. The maximum absolute atomic E-state index is 13.3. The second-order valence-electron chi connectivity index (χ2n) is 6.82. The van der Waals surface area contributed by atoms with Crippen molar-refractivity contribution in [3.05, 3.63) is 70.2 Å². The van der Waals surface area contributed by atoms with E-state index in [1.54, 1.807) is 27.3 Å². The van der Waals surface area contributed by atoms with Gasteiger partial charge in [0.15, 0.2) is 16.6 Å². The van der Waals surface area contributed by atoms with Gasteiger partial charge < -0.3 is 14.4 Å². The number of carbonyl (C=O) groups is 2. The van der Waals surface area contributed by atoms with Gasteiger partial charge in [0.25, 0.3) is 11.8 Å². The summed E-state index contributed by atoms with van der Waals surface area (Å²) in [5.74, 6) is -1.53. The Morgan fingerprint density at radius 1 is 1.06 bits per heavy atom. The van der Waals surface area contributed by atoms with Gasteiger partial charge in [0.05, 0.1) is 14.2 Å². The van der Waals surface area contributed by atoms with E-state index in [0.717, 1.165) is 29.0 Å². The number of amides is 2. The topological polar surface area (TPSA) is 80.8 Å². The molecule has 3 rings (SSSR count). The van der Waals surface area contributed by atoms with E-state index in [2.05, 4.69) is 10.3 Å². The van der Waals surface area contributed by atoms with Crippen LogP contribution < -0.4 is 14.8 Å². The first kappa shape index (κ1) is 23.1. The summed E-state index contributed by atoms with van der Waals surface area (Å²) in [5.41, 5.74) is 0.944. The van der Waals surface area contributed by atoms with Gasteiger partial charge in [-0.1, -0.05) is 6.07 Å². The first-order chi connectivity index (χ1) is 15.3. The van der Waals surface area contributed by atoms with Crippen LogP contribution in [0.25, 0.3) is 0 Å². The van der Waals surface area contributed by atoms with Gasteiger partial charge in [-0.2, -0.15) is 0 Å². The summed E-state index contributed by atoms with van der Waals surface area (Å²) in [6.07, 6.45) is 0.585. The Labute approximate surface area is 187 Å². The van der Waals surface area contributed by atoms with E-state index < -0.39 is 17.5 Å². The second kappa shape index (κ2) is 10.2. The number of carbonyl (C=O) groups excluding carboxylic acids is 2. The monoisotopic (exact) mass is 461 g/mol. The molecule has 0 radical (unpaired) electrons. The number of aromatic nitrogens is 1. The molecule has 7 nitrogen and oxygen atoms in total. The molecule has 0 unspecified atom stereocenters. The van der Waals surface area contributed by atoms with Crippen LogP contribution in [0.1, 0.15) is 26.4 Å². The van der Waals surface area contributed by atoms with Crippen molar-refractivity contribution in [2.45, 2.75) is 6.42 Å². The summed E-state index contributed by atoms with van der Waals surface area (Å²) in [5, 5.41) is 4.11. The maximum atomic E-state index is 13.3. The molecule has 0 aliphatic heterocycles. The zero-order chi connectivity index (χ0) is 23.3. The molecule has 0 aliphatic carbocycles. The molecule has 10 heteroatoms. The molecular formula is C22H21F2N3O4S. The van der Waals surface area contributed by atoms with E-state index in [0.29, 0.717) is 30.5 Å². The summed E-state index contributed by atoms with van der Waals surface area (Å²) < 4.78 is 37.1. The molecule has 0 saturated heterocycles. The van der Waals surface area contributed by atoms with E-state index >= 15 is 0 Å². The van der Waals surface area contributed by atoms with Crippen LogP contribution in [0.5, 0.6) is 11.5 Å². The molecule has 2 amide bonds. The summed E-state index contributed by atoms with van der Waals surface area (Å²) >= 11 is 1.04. The lowest BCUT2D eigenvalue weighted by Crippen LogP contribution is -2.29. The Kier molecular flexibility index (Phi) is 7.37. The van der Waals surface area contributed by atoms with Gasteiger partial charge in [0.2, 0.25) is 0 Å². The second-order valence-corrected chi connectivity index (χ2v) is 7.67. The third-order valence-electron chi connectivity index (χ3n) is 4.60. The predicted molar refractivity (Wildman–Crippen MR) is 117 cm³/mol. The van der Waals surface area contributed by atoms with Crippen LogP contribution in [0.2, 0.25) is 0 Å². The molecule has 0 aliphatic rings. The first-order valence-corrected chi connectivity index (χ1v) is 10.4. The number of likely N-dealkylation sites (N-methyl/N-ethyl adjacent to an activating group) is 1. The van der Waals surface area contributed by atoms with Crippen molar-refractivity contribution < 1.29 is 27.8 Å². The lowest BCUT2D eigenvalue weighted by atomic mass is 10.1. The zero-order valence-electron chi connectivity index (χ0n) is 17.6. The van der Waals surface area contributed by atoms with Crippen molar-refractivity contribution in [1.29, 1.82) is 0 Å². The van der Waals surface area contributed by atoms with Crippen molar-refractivity contribution in [2.24, 2.45) is 0 Å². The highest BCUT2D eigenvalue weighted by Gasteiger charge is 2.18. The van der Waals surface area contributed by atoms with Gasteiger partial charge >= 0.3 is 0 Å². The van der Waals surface area contributed by atoms with Crippen LogP contribution in [0.15, 0.2) is 41.8 Å². The minimum atomic E-state index is -0.860. The fourth-order valence-electron chi connectivity index (χ4n) is 2.91. The number of methoxy groups -OCH3 is 2. The number of nitrogens with one attached hydrogen (secondary N) is 1. The molecule has 1 N–H and O–H groups in total. The minimum absolute atomic E-state index is 0.149. The molecule has 0 bridgehead atoms. The molecule has 0 fully saturated rings.